The van der Waals surface area contributed by atoms with Gasteiger partial charge in [-0.15, -0.1) is 0 Å². The summed E-state index contributed by atoms with van der Waals surface area (Å²) in [6.07, 6.45) is 2.70. The average Bonchev–Trinajstić information content (AvgIpc) is 2.54. The number of nitrogens with one attached hydrogen (secondary N) is 2. The van der Waals surface area contributed by atoms with E-state index in [0.717, 1.165) is 6.21 Å². The van der Waals surface area contributed by atoms with Gasteiger partial charge in [-0.05, 0) is 17.5 Å². The minimum Gasteiger partial charge on any atom is -0.481 e. The Hall–Kier alpha value is -2.63. The lowest BCUT2D eigenvalue weighted by molar-refractivity contribution is -0.140. The lowest BCUT2D eigenvalue weighted by Crippen LogP contribution is -2.52. The lowest BCUT2D eigenvalue weighted by atomic mass is 9.79. The first-order valence-electron chi connectivity index (χ1n) is 7.92. The van der Waals surface area contributed by atoms with Crippen LogP contribution in [0.15, 0.2) is 36.0 Å². The van der Waals surface area contributed by atoms with Crippen LogP contribution in [-0.4, -0.2) is 47.7 Å². The molecule has 1 aliphatic heterocycles. The van der Waals surface area contributed by atoms with Crippen molar-refractivity contribution < 1.29 is 14.7 Å². The number of nitrogens with zero attached hydrogens (tertiary/aromatic N) is 1. The highest BCUT2D eigenvalue weighted by Crippen LogP contribution is 2.37. The first kappa shape index (κ1) is 17.7. The van der Waals surface area contributed by atoms with E-state index >= 15 is 0 Å². The van der Waals surface area contributed by atoms with Crippen molar-refractivity contribution in [3.8, 4) is 0 Å². The largest absolute Gasteiger partial charge is 0.481 e. The summed E-state index contributed by atoms with van der Waals surface area (Å²) in [5.74, 6) is -1.92. The van der Waals surface area contributed by atoms with Crippen molar-refractivity contribution in [3.63, 3.8) is 0 Å². The molecule has 24 heavy (non-hydrogen) atoms. The number of amides is 1. The Morgan fingerprint density at radius 1 is 1.42 bits per heavy atom. The third-order valence-corrected chi connectivity index (χ3v) is 4.09. The molecule has 1 aliphatic rings. The van der Waals surface area contributed by atoms with E-state index in [1.807, 2.05) is 13.8 Å². The van der Waals surface area contributed by atoms with Gasteiger partial charge in [0.2, 0.25) is 0 Å². The fourth-order valence-electron chi connectivity index (χ4n) is 3.20. The highest BCUT2D eigenvalue weighted by Gasteiger charge is 2.44. The van der Waals surface area contributed by atoms with Crippen molar-refractivity contribution in [2.45, 2.75) is 25.8 Å². The number of aliphatic carboxylic acids is 1. The smallest absolute Gasteiger partial charge is 0.313 e. The summed E-state index contributed by atoms with van der Waals surface area (Å²) in [5, 5.41) is 20.4. The average molecular weight is 329 g/mol. The number of benzene rings is 1. The monoisotopic (exact) mass is 329 g/mol. The SMILES string of the molecule is CN/C=C(\C=N)C1C(C(=O)O)c2ccccc2C(=O)N1CC(C)C. The molecule has 0 aromatic heterocycles. The van der Waals surface area contributed by atoms with Gasteiger partial charge in [0.25, 0.3) is 5.91 Å². The van der Waals surface area contributed by atoms with Crippen LogP contribution in [0, 0.1) is 11.3 Å². The summed E-state index contributed by atoms with van der Waals surface area (Å²) < 4.78 is 0. The van der Waals surface area contributed by atoms with Crippen molar-refractivity contribution in [2.75, 3.05) is 13.6 Å². The quantitative estimate of drug-likeness (QED) is 0.697. The van der Waals surface area contributed by atoms with E-state index < -0.39 is 17.9 Å². The summed E-state index contributed by atoms with van der Waals surface area (Å²) in [5.41, 5.74) is 1.40. The van der Waals surface area contributed by atoms with Crippen molar-refractivity contribution >= 4 is 18.1 Å². The number of carbonyl (C=O) groups is 2. The van der Waals surface area contributed by atoms with E-state index in [2.05, 4.69) is 5.32 Å². The molecule has 0 aliphatic carbocycles. The molecule has 2 unspecified atom stereocenters. The van der Waals surface area contributed by atoms with E-state index in [0.29, 0.717) is 23.2 Å². The minimum atomic E-state index is -1.00. The Balaban J connectivity index is 2.68. The van der Waals surface area contributed by atoms with Gasteiger partial charge in [-0.2, -0.15) is 0 Å². The molecule has 0 saturated heterocycles. The Morgan fingerprint density at radius 3 is 2.62 bits per heavy atom. The van der Waals surface area contributed by atoms with Gasteiger partial charge in [0.1, 0.15) is 5.92 Å². The minimum absolute atomic E-state index is 0.178. The molecule has 2 atom stereocenters. The number of hydrogen-bond acceptors (Lipinski definition) is 4. The van der Waals surface area contributed by atoms with Gasteiger partial charge in [0.15, 0.2) is 0 Å². The van der Waals surface area contributed by atoms with Crippen LogP contribution in [0.4, 0.5) is 0 Å². The zero-order valence-electron chi connectivity index (χ0n) is 14.1. The van der Waals surface area contributed by atoms with Crippen LogP contribution in [0.3, 0.4) is 0 Å². The molecule has 0 radical (unpaired) electrons. The summed E-state index contributed by atoms with van der Waals surface area (Å²) in [4.78, 5) is 26.6. The highest BCUT2D eigenvalue weighted by molar-refractivity contribution is 6.01. The summed E-state index contributed by atoms with van der Waals surface area (Å²) >= 11 is 0. The molecule has 2 rings (SSSR count). The number of carboxylic acids is 1. The molecule has 3 N–H and O–H groups in total. The fourth-order valence-corrected chi connectivity index (χ4v) is 3.20. The molecule has 128 valence electrons. The maximum Gasteiger partial charge on any atom is 0.313 e. The Morgan fingerprint density at radius 2 is 2.08 bits per heavy atom. The molecule has 0 saturated carbocycles. The molecular formula is C18H23N3O3. The van der Waals surface area contributed by atoms with Crippen LogP contribution < -0.4 is 5.32 Å². The van der Waals surface area contributed by atoms with Crippen LogP contribution >= 0.6 is 0 Å². The second-order valence-corrected chi connectivity index (χ2v) is 6.28. The van der Waals surface area contributed by atoms with E-state index in [1.54, 1.807) is 42.4 Å². The van der Waals surface area contributed by atoms with Crippen LogP contribution in [0.2, 0.25) is 0 Å². The first-order chi connectivity index (χ1) is 11.4. The van der Waals surface area contributed by atoms with Gasteiger partial charge < -0.3 is 20.7 Å². The van der Waals surface area contributed by atoms with E-state index in [-0.39, 0.29) is 11.8 Å². The lowest BCUT2D eigenvalue weighted by Gasteiger charge is -2.41. The normalized spacial score (nSPS) is 20.8. The number of rotatable bonds is 6. The molecule has 1 aromatic carbocycles. The number of carbonyl (C=O) groups excluding carboxylic acids is 1. The maximum atomic E-state index is 13.0. The molecule has 1 heterocycles. The highest BCUT2D eigenvalue weighted by atomic mass is 16.4. The van der Waals surface area contributed by atoms with Crippen LogP contribution in [-0.2, 0) is 4.79 Å². The molecule has 0 bridgehead atoms. The number of fused-ring (bicyclic) bond motifs is 1. The standard InChI is InChI=1S/C18H23N3O3/c1-11(2)10-21-16(12(8-19)9-20-3)15(18(23)24)13-6-4-5-7-14(13)17(21)22/h4-9,11,15-16,19-20H,10H2,1-3H3,(H,23,24)/b12-9+,19-8?. The first-order valence-corrected chi connectivity index (χ1v) is 7.92. The predicted molar refractivity (Wildman–Crippen MR) is 92.4 cm³/mol. The molecular weight excluding hydrogens is 306 g/mol. The molecule has 6 nitrogen and oxygen atoms in total. The summed E-state index contributed by atoms with van der Waals surface area (Å²) in [6.45, 7) is 4.38. The van der Waals surface area contributed by atoms with Gasteiger partial charge in [-0.3, -0.25) is 9.59 Å². The molecule has 6 heteroatoms. The van der Waals surface area contributed by atoms with E-state index in [9.17, 15) is 14.7 Å². The number of carboxylic acid groups (broad SMARTS) is 1. The van der Waals surface area contributed by atoms with Gasteiger partial charge in [0, 0.05) is 37.1 Å². The fraction of sp³-hybridized carbons (Fsp3) is 0.389. The van der Waals surface area contributed by atoms with E-state index in [4.69, 9.17) is 5.41 Å². The second kappa shape index (κ2) is 7.29. The van der Waals surface area contributed by atoms with Crippen molar-refractivity contribution in [1.29, 1.82) is 5.41 Å². The third-order valence-electron chi connectivity index (χ3n) is 4.09. The van der Waals surface area contributed by atoms with Gasteiger partial charge in [-0.25, -0.2) is 0 Å². The summed E-state index contributed by atoms with van der Waals surface area (Å²) in [6, 6.07) is 6.13. The van der Waals surface area contributed by atoms with E-state index in [1.165, 1.54) is 0 Å². The molecule has 1 aromatic rings. The topological polar surface area (TPSA) is 93.5 Å². The summed E-state index contributed by atoms with van der Waals surface area (Å²) in [7, 11) is 1.69. The molecule has 0 spiro atoms. The van der Waals surface area contributed by atoms with Crippen LogP contribution in [0.1, 0.15) is 35.7 Å². The molecule has 1 amide bonds. The van der Waals surface area contributed by atoms with Gasteiger partial charge in [0.05, 0.1) is 6.04 Å². The Kier molecular flexibility index (Phi) is 5.39. The third kappa shape index (κ3) is 3.18. The van der Waals surface area contributed by atoms with Crippen LogP contribution in [0.25, 0.3) is 0 Å². The second-order valence-electron chi connectivity index (χ2n) is 6.28. The van der Waals surface area contributed by atoms with Gasteiger partial charge in [-0.1, -0.05) is 32.0 Å². The maximum absolute atomic E-state index is 13.0. The zero-order chi connectivity index (χ0) is 17.9. The Labute approximate surface area is 141 Å². The van der Waals surface area contributed by atoms with Gasteiger partial charge >= 0.3 is 5.97 Å². The van der Waals surface area contributed by atoms with Crippen molar-refractivity contribution in [2.24, 2.45) is 5.92 Å². The Bertz CT molecular complexity index is 682. The molecule has 0 fully saturated rings. The number of hydrogen-bond donors (Lipinski definition) is 3. The van der Waals surface area contributed by atoms with Crippen molar-refractivity contribution in [3.05, 3.63) is 47.2 Å². The zero-order valence-corrected chi connectivity index (χ0v) is 14.1. The van der Waals surface area contributed by atoms with Crippen molar-refractivity contribution in [1.82, 2.24) is 10.2 Å². The predicted octanol–water partition coefficient (Wildman–Crippen LogP) is 2.09. The van der Waals surface area contributed by atoms with Crippen LogP contribution in [0.5, 0.6) is 0 Å².